The average molecular weight is 300 g/mol. The van der Waals surface area contributed by atoms with Crippen molar-refractivity contribution in [2.75, 3.05) is 5.32 Å². The molecule has 0 radical (unpaired) electrons. The van der Waals surface area contributed by atoms with Crippen molar-refractivity contribution in [3.63, 3.8) is 0 Å². The highest BCUT2D eigenvalue weighted by atomic mass is 35.5. The zero-order valence-corrected chi connectivity index (χ0v) is 10.9. The van der Waals surface area contributed by atoms with Crippen LogP contribution in [0.4, 0.5) is 10.1 Å². The van der Waals surface area contributed by atoms with Gasteiger partial charge in [-0.05, 0) is 12.1 Å². The number of nitrogens with one attached hydrogen (secondary N) is 1. The molecule has 98 valence electrons. The lowest BCUT2D eigenvalue weighted by Gasteiger charge is -2.07. The molecule has 0 aliphatic rings. The SMILES string of the molecule is O=C(O)c1cscc1NC(=O)c1c(F)cccc1Cl. The van der Waals surface area contributed by atoms with E-state index in [9.17, 15) is 14.0 Å². The number of anilines is 1. The van der Waals surface area contributed by atoms with Gasteiger partial charge >= 0.3 is 5.97 Å². The van der Waals surface area contributed by atoms with Gasteiger partial charge in [0.1, 0.15) is 5.82 Å². The molecule has 19 heavy (non-hydrogen) atoms. The Morgan fingerprint density at radius 1 is 1.32 bits per heavy atom. The van der Waals surface area contributed by atoms with E-state index in [-0.39, 0.29) is 21.8 Å². The van der Waals surface area contributed by atoms with Gasteiger partial charge in [-0.15, -0.1) is 11.3 Å². The molecule has 1 aromatic carbocycles. The molecule has 0 atom stereocenters. The zero-order valence-electron chi connectivity index (χ0n) is 9.31. The highest BCUT2D eigenvalue weighted by Gasteiger charge is 2.19. The number of halogens is 2. The quantitative estimate of drug-likeness (QED) is 0.911. The molecular weight excluding hydrogens is 293 g/mol. The lowest BCUT2D eigenvalue weighted by Crippen LogP contribution is -2.15. The summed E-state index contributed by atoms with van der Waals surface area (Å²) in [4.78, 5) is 22.8. The summed E-state index contributed by atoms with van der Waals surface area (Å²) in [5.74, 6) is -2.72. The molecule has 0 bridgehead atoms. The first kappa shape index (κ1) is 13.5. The van der Waals surface area contributed by atoms with Crippen LogP contribution in [-0.4, -0.2) is 17.0 Å². The first-order chi connectivity index (χ1) is 9.00. The zero-order chi connectivity index (χ0) is 14.0. The Morgan fingerprint density at radius 3 is 2.68 bits per heavy atom. The second-order valence-corrected chi connectivity index (χ2v) is 4.71. The Balaban J connectivity index is 2.31. The highest BCUT2D eigenvalue weighted by molar-refractivity contribution is 7.08. The van der Waals surface area contributed by atoms with E-state index in [4.69, 9.17) is 16.7 Å². The lowest BCUT2D eigenvalue weighted by atomic mass is 10.2. The van der Waals surface area contributed by atoms with Gasteiger partial charge in [0, 0.05) is 10.8 Å². The van der Waals surface area contributed by atoms with Crippen molar-refractivity contribution < 1.29 is 19.1 Å². The Kier molecular flexibility index (Phi) is 3.82. The minimum Gasteiger partial charge on any atom is -0.478 e. The van der Waals surface area contributed by atoms with Crippen LogP contribution < -0.4 is 5.32 Å². The van der Waals surface area contributed by atoms with Crippen LogP contribution in [0.3, 0.4) is 0 Å². The van der Waals surface area contributed by atoms with E-state index in [1.807, 2.05) is 0 Å². The fraction of sp³-hybridized carbons (Fsp3) is 0. The van der Waals surface area contributed by atoms with Gasteiger partial charge < -0.3 is 10.4 Å². The van der Waals surface area contributed by atoms with Crippen LogP contribution in [0.5, 0.6) is 0 Å². The van der Waals surface area contributed by atoms with Crippen LogP contribution in [0.15, 0.2) is 29.0 Å². The summed E-state index contributed by atoms with van der Waals surface area (Å²) in [6.45, 7) is 0. The Hall–Kier alpha value is -1.92. The van der Waals surface area contributed by atoms with Gasteiger partial charge in [-0.25, -0.2) is 9.18 Å². The first-order valence-electron chi connectivity index (χ1n) is 5.05. The number of carboxylic acid groups (broad SMARTS) is 1. The van der Waals surface area contributed by atoms with E-state index < -0.39 is 17.7 Å². The van der Waals surface area contributed by atoms with Crippen LogP contribution >= 0.6 is 22.9 Å². The lowest BCUT2D eigenvalue weighted by molar-refractivity contribution is 0.0698. The smallest absolute Gasteiger partial charge is 0.338 e. The van der Waals surface area contributed by atoms with Crippen molar-refractivity contribution in [3.8, 4) is 0 Å². The standard InChI is InChI=1S/C12H7ClFNO3S/c13-7-2-1-3-8(14)10(7)11(16)15-9-5-19-4-6(9)12(17)18/h1-5H,(H,15,16)(H,17,18). The maximum atomic E-state index is 13.5. The van der Waals surface area contributed by atoms with Crippen LogP contribution in [-0.2, 0) is 0 Å². The van der Waals surface area contributed by atoms with Gasteiger partial charge in [-0.1, -0.05) is 17.7 Å². The third-order valence-electron chi connectivity index (χ3n) is 2.33. The van der Waals surface area contributed by atoms with E-state index in [1.54, 1.807) is 0 Å². The van der Waals surface area contributed by atoms with Gasteiger partial charge in [0.25, 0.3) is 5.91 Å². The monoisotopic (exact) mass is 299 g/mol. The Labute approximate surface area is 116 Å². The molecule has 1 heterocycles. The fourth-order valence-corrected chi connectivity index (χ4v) is 2.46. The van der Waals surface area contributed by atoms with Crippen LogP contribution in [0.25, 0.3) is 0 Å². The third-order valence-corrected chi connectivity index (χ3v) is 3.39. The van der Waals surface area contributed by atoms with Crippen molar-refractivity contribution in [2.45, 2.75) is 0 Å². The molecule has 2 rings (SSSR count). The topological polar surface area (TPSA) is 66.4 Å². The number of carbonyl (C=O) groups is 2. The number of carboxylic acids is 1. The number of rotatable bonds is 3. The summed E-state index contributed by atoms with van der Waals surface area (Å²) >= 11 is 6.87. The average Bonchev–Trinajstić information content (AvgIpc) is 2.76. The maximum absolute atomic E-state index is 13.5. The molecule has 2 aromatic rings. The predicted molar refractivity (Wildman–Crippen MR) is 70.6 cm³/mol. The van der Waals surface area contributed by atoms with Crippen molar-refractivity contribution >= 4 is 40.5 Å². The number of hydrogen-bond acceptors (Lipinski definition) is 3. The molecule has 1 aromatic heterocycles. The molecule has 0 spiro atoms. The summed E-state index contributed by atoms with van der Waals surface area (Å²) in [7, 11) is 0. The Bertz CT molecular complexity index is 636. The molecule has 0 saturated heterocycles. The Morgan fingerprint density at radius 2 is 2.05 bits per heavy atom. The maximum Gasteiger partial charge on any atom is 0.338 e. The van der Waals surface area contributed by atoms with Crippen LogP contribution in [0.1, 0.15) is 20.7 Å². The predicted octanol–water partition coefficient (Wildman–Crippen LogP) is 3.49. The molecule has 2 N–H and O–H groups in total. The van der Waals surface area contributed by atoms with Gasteiger partial charge in [0.15, 0.2) is 0 Å². The largest absolute Gasteiger partial charge is 0.478 e. The van der Waals surface area contributed by atoms with Gasteiger partial charge in [0.05, 0.1) is 21.8 Å². The summed E-state index contributed by atoms with van der Waals surface area (Å²) in [6.07, 6.45) is 0. The van der Waals surface area contributed by atoms with Crippen molar-refractivity contribution in [1.29, 1.82) is 0 Å². The van der Waals surface area contributed by atoms with Crippen LogP contribution in [0, 0.1) is 5.82 Å². The molecule has 0 saturated carbocycles. The number of benzene rings is 1. The van der Waals surface area contributed by atoms with Crippen LogP contribution in [0.2, 0.25) is 5.02 Å². The molecule has 7 heteroatoms. The van der Waals surface area contributed by atoms with Crippen molar-refractivity contribution in [2.24, 2.45) is 0 Å². The highest BCUT2D eigenvalue weighted by Crippen LogP contribution is 2.24. The van der Waals surface area contributed by atoms with Gasteiger partial charge in [-0.3, -0.25) is 4.79 Å². The minimum atomic E-state index is -1.17. The molecule has 4 nitrogen and oxygen atoms in total. The van der Waals surface area contributed by atoms with E-state index in [0.717, 1.165) is 17.4 Å². The second-order valence-electron chi connectivity index (χ2n) is 3.56. The van der Waals surface area contributed by atoms with Crippen molar-refractivity contribution in [1.82, 2.24) is 0 Å². The summed E-state index contributed by atoms with van der Waals surface area (Å²) < 4.78 is 13.5. The number of aromatic carboxylic acids is 1. The van der Waals surface area contributed by atoms with Crippen molar-refractivity contribution in [3.05, 3.63) is 50.9 Å². The first-order valence-corrected chi connectivity index (χ1v) is 6.37. The summed E-state index contributed by atoms with van der Waals surface area (Å²) in [5.41, 5.74) is -0.251. The molecule has 0 unspecified atom stereocenters. The third kappa shape index (κ3) is 2.74. The molecule has 1 amide bonds. The minimum absolute atomic E-state index is 0.0374. The van der Waals surface area contributed by atoms with Gasteiger partial charge in [0.2, 0.25) is 0 Å². The normalized spacial score (nSPS) is 10.2. The molecular formula is C12H7ClFNO3S. The number of carbonyl (C=O) groups excluding carboxylic acids is 1. The number of hydrogen-bond donors (Lipinski definition) is 2. The second kappa shape index (κ2) is 5.38. The number of thiophene rings is 1. The van der Waals surface area contributed by atoms with E-state index in [1.165, 1.54) is 22.9 Å². The number of amides is 1. The van der Waals surface area contributed by atoms with Gasteiger partial charge in [-0.2, -0.15) is 0 Å². The summed E-state index contributed by atoms with van der Waals surface area (Å²) in [6, 6.07) is 3.86. The molecule has 0 fully saturated rings. The van der Waals surface area contributed by atoms with E-state index in [0.29, 0.717) is 0 Å². The van der Waals surface area contributed by atoms with E-state index >= 15 is 0 Å². The molecule has 0 aliphatic heterocycles. The fourth-order valence-electron chi connectivity index (χ4n) is 1.46. The summed E-state index contributed by atoms with van der Waals surface area (Å²) in [5, 5.41) is 14.0. The van der Waals surface area contributed by atoms with E-state index in [2.05, 4.69) is 5.32 Å². The molecule has 0 aliphatic carbocycles.